The van der Waals surface area contributed by atoms with Gasteiger partial charge in [-0.25, -0.2) is 4.90 Å². The molecular formula is C20H21N2O3+. The number of anilines is 1. The molecule has 25 heavy (non-hydrogen) atoms. The Hall–Kier alpha value is -2.79. The molecule has 1 aliphatic heterocycles. The number of rotatable bonds is 5. The molecule has 1 N–H and O–H groups in total. The lowest BCUT2D eigenvalue weighted by Crippen LogP contribution is -3.12. The minimum absolute atomic E-state index is 0.0458. The number of quaternary nitrogens is 1. The number of carbonyl (C=O) groups is 3. The van der Waals surface area contributed by atoms with Crippen molar-refractivity contribution in [3.8, 4) is 0 Å². The predicted octanol–water partition coefficient (Wildman–Crippen LogP) is 1.24. The number of Topliss-reactive ketones (excluding diaryl/α,β-unsaturated/α-hetero) is 1. The molecule has 2 atom stereocenters. The van der Waals surface area contributed by atoms with Gasteiger partial charge < -0.3 is 4.90 Å². The van der Waals surface area contributed by atoms with Crippen LogP contribution in [0.2, 0.25) is 0 Å². The third-order valence-electron chi connectivity index (χ3n) is 4.60. The Morgan fingerprint density at radius 2 is 1.72 bits per heavy atom. The average Bonchev–Trinajstić information content (AvgIpc) is 2.90. The van der Waals surface area contributed by atoms with E-state index in [1.54, 1.807) is 24.3 Å². The predicted molar refractivity (Wildman–Crippen MR) is 94.4 cm³/mol. The Bertz CT molecular complexity index is 799. The van der Waals surface area contributed by atoms with Crippen molar-refractivity contribution in [2.75, 3.05) is 11.9 Å². The molecule has 5 heteroatoms. The van der Waals surface area contributed by atoms with E-state index in [-0.39, 0.29) is 30.1 Å². The van der Waals surface area contributed by atoms with E-state index >= 15 is 0 Å². The number of benzene rings is 2. The van der Waals surface area contributed by atoms with Crippen molar-refractivity contribution >= 4 is 23.3 Å². The number of carbonyl (C=O) groups excluding carboxylic acids is 3. The summed E-state index contributed by atoms with van der Waals surface area (Å²) in [7, 11) is 1.94. The summed E-state index contributed by atoms with van der Waals surface area (Å²) in [4.78, 5) is 38.8. The average molecular weight is 337 g/mol. The van der Waals surface area contributed by atoms with Crippen LogP contribution in [-0.2, 0) is 16.1 Å². The highest BCUT2D eigenvalue weighted by Gasteiger charge is 2.44. The zero-order chi connectivity index (χ0) is 18.0. The van der Waals surface area contributed by atoms with E-state index in [4.69, 9.17) is 0 Å². The van der Waals surface area contributed by atoms with Crippen LogP contribution in [0, 0.1) is 0 Å². The number of nitrogens with zero attached hydrogens (tertiary/aromatic N) is 1. The molecule has 128 valence electrons. The van der Waals surface area contributed by atoms with Gasteiger partial charge in [-0.05, 0) is 31.2 Å². The van der Waals surface area contributed by atoms with Gasteiger partial charge in [-0.15, -0.1) is 0 Å². The standard InChI is InChI=1S/C20H20N2O3/c1-14(23)16-8-10-17(11-9-16)22-19(24)12-18(20(22)25)21(2)13-15-6-4-3-5-7-15/h3-11,18H,12-13H2,1-2H3/p+1. The lowest BCUT2D eigenvalue weighted by molar-refractivity contribution is -0.908. The van der Waals surface area contributed by atoms with Crippen molar-refractivity contribution in [1.82, 2.24) is 0 Å². The summed E-state index contributed by atoms with van der Waals surface area (Å²) in [6.07, 6.45) is 0.200. The van der Waals surface area contributed by atoms with Gasteiger partial charge in [0, 0.05) is 11.1 Å². The van der Waals surface area contributed by atoms with Crippen LogP contribution >= 0.6 is 0 Å². The molecule has 0 aromatic heterocycles. The molecule has 0 aliphatic carbocycles. The van der Waals surface area contributed by atoms with E-state index in [1.807, 2.05) is 37.4 Å². The first-order valence-electron chi connectivity index (χ1n) is 8.31. The first-order chi connectivity index (χ1) is 12.0. The van der Waals surface area contributed by atoms with Gasteiger partial charge >= 0.3 is 0 Å². The van der Waals surface area contributed by atoms with E-state index in [1.165, 1.54) is 11.8 Å². The van der Waals surface area contributed by atoms with Crippen LogP contribution in [0.3, 0.4) is 0 Å². The number of ketones is 1. The molecular weight excluding hydrogens is 316 g/mol. The van der Waals surface area contributed by atoms with Crippen molar-refractivity contribution in [3.05, 3.63) is 65.7 Å². The molecule has 1 heterocycles. The Kier molecular flexibility index (Phi) is 4.76. The van der Waals surface area contributed by atoms with Crippen LogP contribution in [0.5, 0.6) is 0 Å². The molecule has 0 saturated carbocycles. The number of imide groups is 1. The maximum Gasteiger partial charge on any atom is 0.292 e. The monoisotopic (exact) mass is 337 g/mol. The van der Waals surface area contributed by atoms with Gasteiger partial charge in [0.25, 0.3) is 5.91 Å². The lowest BCUT2D eigenvalue weighted by Gasteiger charge is -2.20. The second-order valence-corrected chi connectivity index (χ2v) is 6.44. The molecule has 5 nitrogen and oxygen atoms in total. The molecule has 0 radical (unpaired) electrons. The van der Waals surface area contributed by atoms with Crippen LogP contribution in [-0.4, -0.2) is 30.7 Å². The van der Waals surface area contributed by atoms with Crippen molar-refractivity contribution in [2.45, 2.75) is 25.9 Å². The van der Waals surface area contributed by atoms with Gasteiger partial charge in [0.05, 0.1) is 19.2 Å². The minimum atomic E-state index is -0.389. The molecule has 1 saturated heterocycles. The number of hydrogen-bond acceptors (Lipinski definition) is 3. The van der Waals surface area contributed by atoms with Gasteiger partial charge in [-0.1, -0.05) is 30.3 Å². The van der Waals surface area contributed by atoms with Crippen LogP contribution in [0.4, 0.5) is 5.69 Å². The normalized spacial score (nSPS) is 18.5. The molecule has 1 fully saturated rings. The number of amides is 2. The highest BCUT2D eigenvalue weighted by Crippen LogP contribution is 2.22. The number of hydrogen-bond donors (Lipinski definition) is 1. The Labute approximate surface area is 146 Å². The summed E-state index contributed by atoms with van der Waals surface area (Å²) in [6, 6.07) is 16.1. The molecule has 2 unspecified atom stereocenters. The zero-order valence-corrected chi connectivity index (χ0v) is 14.4. The highest BCUT2D eigenvalue weighted by atomic mass is 16.2. The van der Waals surface area contributed by atoms with Crippen molar-refractivity contribution < 1.29 is 19.3 Å². The third-order valence-corrected chi connectivity index (χ3v) is 4.60. The quantitative estimate of drug-likeness (QED) is 0.660. The second-order valence-electron chi connectivity index (χ2n) is 6.44. The van der Waals surface area contributed by atoms with Gasteiger partial charge in [0.15, 0.2) is 11.8 Å². The van der Waals surface area contributed by atoms with E-state index in [0.717, 1.165) is 10.5 Å². The fourth-order valence-corrected chi connectivity index (χ4v) is 3.17. The molecule has 0 bridgehead atoms. The largest absolute Gasteiger partial charge is 0.323 e. The second kappa shape index (κ2) is 6.99. The van der Waals surface area contributed by atoms with Gasteiger partial charge in [0.2, 0.25) is 5.91 Å². The van der Waals surface area contributed by atoms with Crippen LogP contribution < -0.4 is 9.80 Å². The zero-order valence-electron chi connectivity index (χ0n) is 14.4. The maximum absolute atomic E-state index is 12.8. The summed E-state index contributed by atoms with van der Waals surface area (Å²) >= 11 is 0. The summed E-state index contributed by atoms with van der Waals surface area (Å²) in [5, 5.41) is 0. The summed E-state index contributed by atoms with van der Waals surface area (Å²) in [5.74, 6) is -0.428. The SMILES string of the molecule is CC(=O)c1ccc(N2C(=O)CC([NH+](C)Cc3ccccc3)C2=O)cc1. The van der Waals surface area contributed by atoms with E-state index in [9.17, 15) is 14.4 Å². The van der Waals surface area contributed by atoms with Crippen LogP contribution in [0.15, 0.2) is 54.6 Å². The Morgan fingerprint density at radius 3 is 2.32 bits per heavy atom. The van der Waals surface area contributed by atoms with Crippen molar-refractivity contribution in [2.24, 2.45) is 0 Å². The highest BCUT2D eigenvalue weighted by molar-refractivity contribution is 6.22. The first-order valence-corrected chi connectivity index (χ1v) is 8.31. The molecule has 1 aliphatic rings. The van der Waals surface area contributed by atoms with Gasteiger partial charge in [0.1, 0.15) is 6.54 Å². The lowest BCUT2D eigenvalue weighted by atomic mass is 10.1. The first kappa shape index (κ1) is 17.0. The van der Waals surface area contributed by atoms with E-state index < -0.39 is 0 Å². The summed E-state index contributed by atoms with van der Waals surface area (Å²) < 4.78 is 0. The Balaban J connectivity index is 1.76. The smallest absolute Gasteiger partial charge is 0.292 e. The van der Waals surface area contributed by atoms with Gasteiger partial charge in [-0.2, -0.15) is 0 Å². The summed E-state index contributed by atoms with van der Waals surface area (Å²) in [5.41, 5.74) is 2.21. The number of likely N-dealkylation sites (N-methyl/N-ethyl adjacent to an activating group) is 1. The van der Waals surface area contributed by atoms with Gasteiger partial charge in [-0.3, -0.25) is 14.4 Å². The topological polar surface area (TPSA) is 58.9 Å². The van der Waals surface area contributed by atoms with Crippen LogP contribution in [0.1, 0.15) is 29.3 Å². The van der Waals surface area contributed by atoms with Crippen molar-refractivity contribution in [3.63, 3.8) is 0 Å². The Morgan fingerprint density at radius 1 is 1.08 bits per heavy atom. The van der Waals surface area contributed by atoms with Crippen molar-refractivity contribution in [1.29, 1.82) is 0 Å². The fourth-order valence-electron chi connectivity index (χ4n) is 3.17. The van der Waals surface area contributed by atoms with E-state index in [2.05, 4.69) is 0 Å². The molecule has 0 spiro atoms. The molecule has 3 rings (SSSR count). The molecule has 2 aromatic rings. The van der Waals surface area contributed by atoms with E-state index in [0.29, 0.717) is 17.8 Å². The molecule has 2 amide bonds. The minimum Gasteiger partial charge on any atom is -0.323 e. The maximum atomic E-state index is 12.8. The third kappa shape index (κ3) is 3.51. The molecule has 2 aromatic carbocycles. The number of nitrogens with one attached hydrogen (secondary N) is 1. The fraction of sp³-hybridized carbons (Fsp3) is 0.250. The van der Waals surface area contributed by atoms with Crippen LogP contribution in [0.25, 0.3) is 0 Å². The summed E-state index contributed by atoms with van der Waals surface area (Å²) in [6.45, 7) is 2.17.